The van der Waals surface area contributed by atoms with Crippen molar-refractivity contribution in [3.8, 4) is 0 Å². The first-order valence-electron chi connectivity index (χ1n) is 6.71. The molecular weight excluding hydrogens is 312 g/mol. The van der Waals surface area contributed by atoms with Crippen molar-refractivity contribution < 1.29 is 13.2 Å². The largest absolute Gasteiger partial charge is 0.349 e. The third-order valence-corrected chi connectivity index (χ3v) is 4.64. The fourth-order valence-corrected chi connectivity index (χ4v) is 3.39. The molecule has 2 atom stereocenters. The summed E-state index contributed by atoms with van der Waals surface area (Å²) in [6.45, 7) is 2.93. The Labute approximate surface area is 131 Å². The summed E-state index contributed by atoms with van der Waals surface area (Å²) in [4.78, 5) is 12.4. The molecule has 1 aliphatic heterocycles. The lowest BCUT2D eigenvalue weighted by molar-refractivity contribution is 0.0922. The highest BCUT2D eigenvalue weighted by molar-refractivity contribution is 7.90. The summed E-state index contributed by atoms with van der Waals surface area (Å²) in [5.41, 5.74) is 0.223. The summed E-state index contributed by atoms with van der Waals surface area (Å²) in [6.07, 6.45) is 2.83. The van der Waals surface area contributed by atoms with E-state index in [1.165, 1.54) is 6.07 Å². The van der Waals surface area contributed by atoms with E-state index in [1.54, 1.807) is 18.2 Å². The number of hydrogen-bond donors (Lipinski definition) is 2. The Bertz CT molecular complexity index is 604. The van der Waals surface area contributed by atoms with Crippen LogP contribution in [0.1, 0.15) is 30.1 Å². The van der Waals surface area contributed by atoms with Crippen LogP contribution in [0, 0.1) is 0 Å². The van der Waals surface area contributed by atoms with E-state index in [0.29, 0.717) is 6.04 Å². The highest BCUT2D eigenvalue weighted by Gasteiger charge is 2.23. The van der Waals surface area contributed by atoms with Crippen molar-refractivity contribution in [3.05, 3.63) is 29.8 Å². The van der Waals surface area contributed by atoms with Crippen LogP contribution in [0.15, 0.2) is 29.2 Å². The fourth-order valence-electron chi connectivity index (χ4n) is 2.50. The number of rotatable bonds is 3. The van der Waals surface area contributed by atoms with E-state index in [0.717, 1.165) is 25.6 Å². The Hall–Kier alpha value is -1.11. The van der Waals surface area contributed by atoms with Gasteiger partial charge >= 0.3 is 0 Å². The predicted molar refractivity (Wildman–Crippen MR) is 84.8 cm³/mol. The summed E-state index contributed by atoms with van der Waals surface area (Å²) in [6, 6.07) is 6.77. The van der Waals surface area contributed by atoms with Gasteiger partial charge in [-0.15, -0.1) is 12.4 Å². The van der Waals surface area contributed by atoms with E-state index >= 15 is 0 Å². The van der Waals surface area contributed by atoms with E-state index in [2.05, 4.69) is 17.6 Å². The molecule has 21 heavy (non-hydrogen) atoms. The zero-order chi connectivity index (χ0) is 14.8. The van der Waals surface area contributed by atoms with Gasteiger partial charge in [0.1, 0.15) is 0 Å². The Morgan fingerprint density at radius 1 is 1.33 bits per heavy atom. The molecule has 0 saturated carbocycles. The Morgan fingerprint density at radius 2 is 2.00 bits per heavy atom. The van der Waals surface area contributed by atoms with Gasteiger partial charge in [0, 0.05) is 18.3 Å². The summed E-state index contributed by atoms with van der Waals surface area (Å²) >= 11 is 0. The van der Waals surface area contributed by atoms with Crippen LogP contribution in [0.4, 0.5) is 0 Å². The number of benzene rings is 1. The van der Waals surface area contributed by atoms with Gasteiger partial charge in [0.25, 0.3) is 5.91 Å². The second-order valence-corrected chi connectivity index (χ2v) is 7.30. The molecular formula is C14H21ClN2O3S. The molecule has 1 aromatic rings. The highest BCUT2D eigenvalue weighted by Crippen LogP contribution is 2.16. The van der Waals surface area contributed by atoms with Crippen LogP contribution in [-0.4, -0.2) is 39.2 Å². The molecule has 0 bridgehead atoms. The van der Waals surface area contributed by atoms with Crippen LogP contribution in [-0.2, 0) is 9.84 Å². The molecule has 2 unspecified atom stereocenters. The van der Waals surface area contributed by atoms with Gasteiger partial charge in [0.15, 0.2) is 9.84 Å². The maximum atomic E-state index is 12.3. The molecule has 1 saturated heterocycles. The number of piperidine rings is 1. The van der Waals surface area contributed by atoms with Crippen molar-refractivity contribution in [1.29, 1.82) is 0 Å². The Balaban J connectivity index is 0.00000220. The number of carbonyl (C=O) groups excluding carboxylic acids is 1. The predicted octanol–water partition coefficient (Wildman–Crippen LogP) is 1.38. The van der Waals surface area contributed by atoms with Crippen molar-refractivity contribution in [3.63, 3.8) is 0 Å². The molecule has 2 rings (SSSR count). The molecule has 118 valence electrons. The van der Waals surface area contributed by atoms with E-state index in [4.69, 9.17) is 0 Å². The van der Waals surface area contributed by atoms with Gasteiger partial charge < -0.3 is 10.6 Å². The molecule has 0 aromatic heterocycles. The lowest BCUT2D eigenvalue weighted by Crippen LogP contribution is -2.46. The maximum absolute atomic E-state index is 12.3. The molecule has 1 amide bonds. The maximum Gasteiger partial charge on any atom is 0.252 e. The van der Waals surface area contributed by atoms with Gasteiger partial charge in [-0.2, -0.15) is 0 Å². The van der Waals surface area contributed by atoms with E-state index in [-0.39, 0.29) is 34.8 Å². The van der Waals surface area contributed by atoms with Gasteiger partial charge in [-0.1, -0.05) is 12.1 Å². The molecule has 1 aliphatic rings. The molecule has 1 aromatic carbocycles. The second-order valence-electron chi connectivity index (χ2n) is 5.32. The molecule has 0 aliphatic carbocycles. The van der Waals surface area contributed by atoms with Crippen LogP contribution in [0.5, 0.6) is 0 Å². The van der Waals surface area contributed by atoms with Gasteiger partial charge in [-0.25, -0.2) is 8.42 Å². The Kier molecular flexibility index (Phi) is 6.19. The normalized spacial score (nSPS) is 22.2. The first-order valence-corrected chi connectivity index (χ1v) is 8.60. The minimum Gasteiger partial charge on any atom is -0.349 e. The topological polar surface area (TPSA) is 75.3 Å². The van der Waals surface area contributed by atoms with Crippen LogP contribution in [0.2, 0.25) is 0 Å². The highest BCUT2D eigenvalue weighted by atomic mass is 35.5. The number of halogens is 1. The average Bonchev–Trinajstić information content (AvgIpc) is 2.37. The molecule has 5 nitrogen and oxygen atoms in total. The zero-order valence-electron chi connectivity index (χ0n) is 12.1. The first kappa shape index (κ1) is 17.9. The first-order chi connectivity index (χ1) is 9.38. The van der Waals surface area contributed by atoms with E-state index in [1.807, 2.05) is 0 Å². The van der Waals surface area contributed by atoms with Gasteiger partial charge in [-0.05, 0) is 38.4 Å². The monoisotopic (exact) mass is 332 g/mol. The summed E-state index contributed by atoms with van der Waals surface area (Å²) in [7, 11) is -3.40. The van der Waals surface area contributed by atoms with Crippen molar-refractivity contribution in [1.82, 2.24) is 10.6 Å². The molecule has 1 fully saturated rings. The number of sulfone groups is 1. The van der Waals surface area contributed by atoms with Crippen LogP contribution < -0.4 is 10.6 Å². The van der Waals surface area contributed by atoms with Crippen molar-refractivity contribution in [2.45, 2.75) is 36.7 Å². The molecule has 0 radical (unpaired) electrons. The van der Waals surface area contributed by atoms with Gasteiger partial charge in [0.05, 0.1) is 10.5 Å². The van der Waals surface area contributed by atoms with Gasteiger partial charge in [0.2, 0.25) is 0 Å². The molecule has 2 N–H and O–H groups in total. The minimum absolute atomic E-state index is 0. The smallest absolute Gasteiger partial charge is 0.252 e. The van der Waals surface area contributed by atoms with Crippen LogP contribution >= 0.6 is 12.4 Å². The molecule has 1 heterocycles. The van der Waals surface area contributed by atoms with Crippen molar-refractivity contribution in [2.24, 2.45) is 0 Å². The molecule has 7 heteroatoms. The van der Waals surface area contributed by atoms with E-state index < -0.39 is 9.84 Å². The lowest BCUT2D eigenvalue weighted by Gasteiger charge is -2.28. The number of amides is 1. The van der Waals surface area contributed by atoms with E-state index in [9.17, 15) is 13.2 Å². The third-order valence-electron chi connectivity index (χ3n) is 3.49. The summed E-state index contributed by atoms with van der Waals surface area (Å²) in [5.74, 6) is -0.315. The lowest BCUT2D eigenvalue weighted by atomic mass is 10.0. The minimum atomic E-state index is -3.40. The number of carbonyl (C=O) groups is 1. The van der Waals surface area contributed by atoms with Crippen molar-refractivity contribution >= 4 is 28.2 Å². The van der Waals surface area contributed by atoms with Gasteiger partial charge in [-0.3, -0.25) is 4.79 Å². The third kappa shape index (κ3) is 4.69. The standard InChI is InChI=1S/C14H20N2O3S.ClH/c1-10-9-11(7-8-15-10)16-14(17)12-5-3-4-6-13(12)20(2,18)19;/h3-6,10-11,15H,7-9H2,1-2H3,(H,16,17);1H. The number of nitrogens with one attached hydrogen (secondary N) is 2. The molecule has 0 spiro atoms. The zero-order valence-corrected chi connectivity index (χ0v) is 13.8. The second kappa shape index (κ2) is 7.24. The average molecular weight is 333 g/mol. The van der Waals surface area contributed by atoms with Crippen LogP contribution in [0.25, 0.3) is 0 Å². The van der Waals surface area contributed by atoms with Crippen molar-refractivity contribution in [2.75, 3.05) is 12.8 Å². The Morgan fingerprint density at radius 3 is 2.62 bits per heavy atom. The fraction of sp³-hybridized carbons (Fsp3) is 0.500. The quantitative estimate of drug-likeness (QED) is 0.877. The summed E-state index contributed by atoms with van der Waals surface area (Å²) in [5, 5.41) is 6.25. The summed E-state index contributed by atoms with van der Waals surface area (Å²) < 4.78 is 23.4. The SMILES string of the molecule is CC1CC(NC(=O)c2ccccc2S(C)(=O)=O)CCN1.Cl. The van der Waals surface area contributed by atoms with Crippen LogP contribution in [0.3, 0.4) is 0 Å². The number of hydrogen-bond acceptors (Lipinski definition) is 4.